The molecule has 130 valence electrons. The standard InChI is InChI=1S/C18H29NO4/c1-6-13(3)16(20)14(4)15-8-9-18(5,23-12-15)17(21)22-11-10-19-7-2/h6,12,19-20H,7-11H2,1-5H3/p+1/b13-6+,16-14+. The molecule has 0 spiro atoms. The molecular weight excluding hydrogens is 294 g/mol. The van der Waals surface area contributed by atoms with Gasteiger partial charge >= 0.3 is 5.97 Å². The Balaban J connectivity index is 2.71. The zero-order chi connectivity index (χ0) is 17.5. The van der Waals surface area contributed by atoms with Crippen molar-refractivity contribution in [3.8, 4) is 0 Å². The average molecular weight is 324 g/mol. The molecule has 0 saturated heterocycles. The number of carbonyl (C=O) groups is 1. The van der Waals surface area contributed by atoms with Crippen molar-refractivity contribution in [2.24, 2.45) is 0 Å². The molecule has 1 heterocycles. The molecule has 3 N–H and O–H groups in total. The second-order valence-electron chi connectivity index (χ2n) is 6.06. The van der Waals surface area contributed by atoms with Crippen molar-refractivity contribution >= 4 is 5.97 Å². The van der Waals surface area contributed by atoms with E-state index in [2.05, 4.69) is 12.2 Å². The Morgan fingerprint density at radius 1 is 1.52 bits per heavy atom. The van der Waals surface area contributed by atoms with Crippen LogP contribution in [0.25, 0.3) is 0 Å². The van der Waals surface area contributed by atoms with Gasteiger partial charge in [0.15, 0.2) is 0 Å². The first-order chi connectivity index (χ1) is 10.9. The molecule has 1 unspecified atom stereocenters. The minimum absolute atomic E-state index is 0.267. The summed E-state index contributed by atoms with van der Waals surface area (Å²) in [6.45, 7) is 11.5. The molecule has 0 aliphatic carbocycles. The van der Waals surface area contributed by atoms with Gasteiger partial charge in [0.05, 0.1) is 12.8 Å². The monoisotopic (exact) mass is 324 g/mol. The van der Waals surface area contributed by atoms with Gasteiger partial charge in [-0.1, -0.05) is 6.08 Å². The van der Waals surface area contributed by atoms with Crippen LogP contribution >= 0.6 is 0 Å². The summed E-state index contributed by atoms with van der Waals surface area (Å²) in [5.41, 5.74) is 1.58. The third-order valence-corrected chi connectivity index (χ3v) is 4.25. The number of nitrogens with two attached hydrogens (primary N) is 1. The largest absolute Gasteiger partial charge is 0.507 e. The minimum atomic E-state index is -0.943. The van der Waals surface area contributed by atoms with Crippen LogP contribution in [0, 0.1) is 0 Å². The van der Waals surface area contributed by atoms with Gasteiger partial charge in [0, 0.05) is 6.42 Å². The van der Waals surface area contributed by atoms with E-state index in [0.29, 0.717) is 19.4 Å². The molecule has 0 bridgehead atoms. The van der Waals surface area contributed by atoms with Gasteiger partial charge < -0.3 is 19.9 Å². The predicted octanol–water partition coefficient (Wildman–Crippen LogP) is 2.36. The fourth-order valence-corrected chi connectivity index (χ4v) is 2.29. The lowest BCUT2D eigenvalue weighted by molar-refractivity contribution is -0.652. The molecule has 5 heteroatoms. The zero-order valence-corrected chi connectivity index (χ0v) is 14.9. The van der Waals surface area contributed by atoms with Crippen LogP contribution in [-0.2, 0) is 14.3 Å². The van der Waals surface area contributed by atoms with E-state index >= 15 is 0 Å². The molecule has 0 fully saturated rings. The smallest absolute Gasteiger partial charge is 0.350 e. The Morgan fingerprint density at radius 2 is 2.22 bits per heavy atom. The van der Waals surface area contributed by atoms with Crippen LogP contribution < -0.4 is 5.32 Å². The summed E-state index contributed by atoms with van der Waals surface area (Å²) in [6, 6.07) is 0. The van der Waals surface area contributed by atoms with Crippen molar-refractivity contribution in [3.63, 3.8) is 0 Å². The maximum absolute atomic E-state index is 12.2. The first kappa shape index (κ1) is 19.3. The summed E-state index contributed by atoms with van der Waals surface area (Å²) in [6.07, 6.45) is 4.64. The number of likely N-dealkylation sites (N-methyl/N-ethyl adjacent to an activating group) is 1. The molecular formula is C18H30NO4+. The minimum Gasteiger partial charge on any atom is -0.507 e. The van der Waals surface area contributed by atoms with E-state index in [0.717, 1.165) is 29.8 Å². The van der Waals surface area contributed by atoms with E-state index in [-0.39, 0.29) is 11.7 Å². The van der Waals surface area contributed by atoms with E-state index in [4.69, 9.17) is 9.47 Å². The highest BCUT2D eigenvalue weighted by atomic mass is 16.6. The molecule has 1 aliphatic rings. The lowest BCUT2D eigenvalue weighted by Gasteiger charge is -2.31. The maximum Gasteiger partial charge on any atom is 0.350 e. The zero-order valence-electron chi connectivity index (χ0n) is 14.9. The maximum atomic E-state index is 12.2. The van der Waals surface area contributed by atoms with E-state index < -0.39 is 5.60 Å². The number of esters is 1. The SMILES string of the molecule is C/C=C(C)/C(O)=C(/C)C1=COC(C)(C(=O)OCC[NH2+]CC)CC1. The number of allylic oxidation sites excluding steroid dienone is 4. The number of aliphatic hydroxyl groups excluding tert-OH is 1. The molecule has 0 aromatic carbocycles. The Kier molecular flexibility index (Phi) is 7.36. The Bertz CT molecular complexity index is 519. The molecule has 0 aromatic heterocycles. The summed E-state index contributed by atoms with van der Waals surface area (Å²) in [5, 5.41) is 12.2. The number of ether oxygens (including phenoxy) is 2. The summed E-state index contributed by atoms with van der Waals surface area (Å²) < 4.78 is 11.0. The molecule has 0 radical (unpaired) electrons. The van der Waals surface area contributed by atoms with E-state index in [1.807, 2.05) is 26.8 Å². The summed E-state index contributed by atoms with van der Waals surface area (Å²) in [7, 11) is 0. The van der Waals surface area contributed by atoms with Gasteiger partial charge in [0.2, 0.25) is 5.60 Å². The highest BCUT2D eigenvalue weighted by Gasteiger charge is 2.39. The molecule has 0 amide bonds. The van der Waals surface area contributed by atoms with Crippen LogP contribution in [0.3, 0.4) is 0 Å². The van der Waals surface area contributed by atoms with E-state index in [1.165, 1.54) is 0 Å². The second-order valence-corrected chi connectivity index (χ2v) is 6.06. The summed E-state index contributed by atoms with van der Waals surface area (Å²) in [5.74, 6) is -0.0589. The molecule has 1 atom stereocenters. The van der Waals surface area contributed by atoms with Gasteiger partial charge in [0.1, 0.15) is 18.9 Å². The normalized spacial score (nSPS) is 22.8. The third-order valence-electron chi connectivity index (χ3n) is 4.25. The van der Waals surface area contributed by atoms with Crippen LogP contribution in [-0.4, -0.2) is 36.4 Å². The van der Waals surface area contributed by atoms with E-state index in [1.54, 1.807) is 13.2 Å². The van der Waals surface area contributed by atoms with Gasteiger partial charge in [-0.05, 0) is 57.8 Å². The van der Waals surface area contributed by atoms with Gasteiger partial charge in [-0.3, -0.25) is 0 Å². The third kappa shape index (κ3) is 5.13. The highest BCUT2D eigenvalue weighted by Crippen LogP contribution is 2.32. The number of quaternary nitrogens is 1. The van der Waals surface area contributed by atoms with Crippen molar-refractivity contribution in [3.05, 3.63) is 34.8 Å². The van der Waals surface area contributed by atoms with Crippen molar-refractivity contribution < 1.29 is 24.7 Å². The molecule has 1 rings (SSSR count). The fraction of sp³-hybridized carbons (Fsp3) is 0.611. The number of rotatable bonds is 7. The second kappa shape index (κ2) is 8.77. The molecule has 5 nitrogen and oxygen atoms in total. The van der Waals surface area contributed by atoms with Crippen LogP contribution in [0.4, 0.5) is 0 Å². The Morgan fingerprint density at radius 3 is 2.74 bits per heavy atom. The van der Waals surface area contributed by atoms with E-state index in [9.17, 15) is 9.90 Å². The average Bonchev–Trinajstić information content (AvgIpc) is 2.57. The fourth-order valence-electron chi connectivity index (χ4n) is 2.29. The molecule has 23 heavy (non-hydrogen) atoms. The van der Waals surface area contributed by atoms with Crippen molar-refractivity contribution in [1.29, 1.82) is 0 Å². The number of hydrogen-bond acceptors (Lipinski definition) is 4. The predicted molar refractivity (Wildman–Crippen MR) is 89.9 cm³/mol. The van der Waals surface area contributed by atoms with Crippen molar-refractivity contribution in [2.75, 3.05) is 19.7 Å². The quantitative estimate of drug-likeness (QED) is 0.326. The lowest BCUT2D eigenvalue weighted by atomic mass is 9.91. The molecule has 0 aromatic rings. The first-order valence-corrected chi connectivity index (χ1v) is 8.25. The van der Waals surface area contributed by atoms with Crippen LogP contribution in [0.2, 0.25) is 0 Å². The Hall–Kier alpha value is -1.75. The molecule has 1 aliphatic heterocycles. The van der Waals surface area contributed by atoms with Crippen molar-refractivity contribution in [1.82, 2.24) is 0 Å². The van der Waals surface area contributed by atoms with Crippen LogP contribution in [0.1, 0.15) is 47.5 Å². The number of aliphatic hydroxyl groups is 1. The molecule has 0 saturated carbocycles. The van der Waals surface area contributed by atoms with Crippen molar-refractivity contribution in [2.45, 2.75) is 53.1 Å². The number of hydrogen-bond donors (Lipinski definition) is 2. The summed E-state index contributed by atoms with van der Waals surface area (Å²) >= 11 is 0. The highest BCUT2D eigenvalue weighted by molar-refractivity contribution is 5.79. The first-order valence-electron chi connectivity index (χ1n) is 8.25. The Labute approximate surface area is 139 Å². The number of carbonyl (C=O) groups excluding carboxylic acids is 1. The van der Waals surface area contributed by atoms with Gasteiger partial charge in [0.25, 0.3) is 0 Å². The topological polar surface area (TPSA) is 72.4 Å². The van der Waals surface area contributed by atoms with Gasteiger partial charge in [-0.15, -0.1) is 0 Å². The lowest BCUT2D eigenvalue weighted by Crippen LogP contribution is -2.84. The van der Waals surface area contributed by atoms with Gasteiger partial charge in [-0.25, -0.2) is 4.79 Å². The van der Waals surface area contributed by atoms with Gasteiger partial charge in [-0.2, -0.15) is 0 Å². The van der Waals surface area contributed by atoms with Crippen LogP contribution in [0.5, 0.6) is 0 Å². The van der Waals surface area contributed by atoms with Crippen LogP contribution in [0.15, 0.2) is 34.8 Å². The summed E-state index contributed by atoms with van der Waals surface area (Å²) in [4.78, 5) is 12.2.